The zero-order valence-corrected chi connectivity index (χ0v) is 20.7. The van der Waals surface area contributed by atoms with Crippen LogP contribution in [-0.4, -0.2) is 45.2 Å². The summed E-state index contributed by atoms with van der Waals surface area (Å²) in [7, 11) is -1.90. The number of anilines is 1. The monoisotopic (exact) mass is 467 g/mol. The molecule has 2 saturated heterocycles. The van der Waals surface area contributed by atoms with Crippen LogP contribution in [0.5, 0.6) is 0 Å². The second kappa shape index (κ2) is 8.19. The molecule has 6 nitrogen and oxygen atoms in total. The molecule has 0 saturated carbocycles. The van der Waals surface area contributed by atoms with Crippen molar-refractivity contribution in [2.45, 2.75) is 57.4 Å². The van der Waals surface area contributed by atoms with E-state index in [1.165, 1.54) is 18.0 Å². The fourth-order valence-corrected chi connectivity index (χ4v) is 5.66. The van der Waals surface area contributed by atoms with E-state index in [0.717, 1.165) is 0 Å². The molecule has 1 atom stereocenters. The number of furan rings is 1. The lowest BCUT2D eigenvalue weighted by atomic mass is 10.0. The number of halogens is 1. The SMILES string of the molecule is Cc1c(C2OCCO2)cc2c(N3C[C@H](CO[Si](C)(C)C(C)(C)C)SC3=O)coc2c1F. The van der Waals surface area contributed by atoms with Crippen molar-refractivity contribution in [2.24, 2.45) is 0 Å². The Labute approximate surface area is 187 Å². The van der Waals surface area contributed by atoms with Crippen LogP contribution in [0.4, 0.5) is 14.9 Å². The third-order valence-electron chi connectivity index (χ3n) is 6.55. The van der Waals surface area contributed by atoms with Gasteiger partial charge in [0.1, 0.15) is 6.26 Å². The molecule has 2 fully saturated rings. The molecule has 0 N–H and O–H groups in total. The summed E-state index contributed by atoms with van der Waals surface area (Å²) >= 11 is 1.27. The van der Waals surface area contributed by atoms with Gasteiger partial charge in [0.25, 0.3) is 5.24 Å². The van der Waals surface area contributed by atoms with Crippen LogP contribution in [0.3, 0.4) is 0 Å². The molecule has 31 heavy (non-hydrogen) atoms. The molecular weight excluding hydrogens is 437 g/mol. The third-order valence-corrected chi connectivity index (χ3v) is 12.1. The van der Waals surface area contributed by atoms with Gasteiger partial charge in [0.05, 0.1) is 24.2 Å². The normalized spacial score (nSPS) is 21.1. The zero-order chi connectivity index (χ0) is 22.6. The molecule has 4 rings (SSSR count). The number of fused-ring (bicyclic) bond motifs is 1. The highest BCUT2D eigenvalue weighted by molar-refractivity contribution is 8.14. The van der Waals surface area contributed by atoms with Gasteiger partial charge in [0, 0.05) is 24.1 Å². The molecule has 0 aliphatic carbocycles. The number of carbonyl (C=O) groups excluding carboxylic acids is 1. The molecule has 9 heteroatoms. The maximum atomic E-state index is 15.0. The van der Waals surface area contributed by atoms with E-state index >= 15 is 4.39 Å². The Balaban J connectivity index is 1.58. The Hall–Kier alpha value is -1.39. The number of carbonyl (C=O) groups is 1. The van der Waals surface area contributed by atoms with Gasteiger partial charge in [0.2, 0.25) is 0 Å². The van der Waals surface area contributed by atoms with Gasteiger partial charge in [-0.1, -0.05) is 32.5 Å². The Bertz CT molecular complexity index is 996. The molecule has 2 aliphatic heterocycles. The molecule has 0 bridgehead atoms. The van der Waals surface area contributed by atoms with E-state index in [4.69, 9.17) is 18.3 Å². The van der Waals surface area contributed by atoms with Gasteiger partial charge in [-0.15, -0.1) is 0 Å². The van der Waals surface area contributed by atoms with Crippen LogP contribution in [0, 0.1) is 12.7 Å². The molecule has 1 aromatic carbocycles. The number of amides is 1. The summed E-state index contributed by atoms with van der Waals surface area (Å²) in [4.78, 5) is 14.5. The fourth-order valence-electron chi connectivity index (χ4n) is 3.54. The molecule has 0 radical (unpaired) electrons. The van der Waals surface area contributed by atoms with Crippen molar-refractivity contribution < 1.29 is 27.5 Å². The Morgan fingerprint density at radius 3 is 2.61 bits per heavy atom. The lowest BCUT2D eigenvalue weighted by Crippen LogP contribution is -2.42. The number of rotatable bonds is 5. The predicted molar refractivity (Wildman–Crippen MR) is 123 cm³/mol. The maximum Gasteiger partial charge on any atom is 0.286 e. The lowest BCUT2D eigenvalue weighted by molar-refractivity contribution is -0.0446. The number of thioether (sulfide) groups is 1. The van der Waals surface area contributed by atoms with Crippen molar-refractivity contribution >= 4 is 42.0 Å². The average Bonchev–Trinajstić information content (AvgIpc) is 3.41. The van der Waals surface area contributed by atoms with E-state index in [1.54, 1.807) is 11.8 Å². The summed E-state index contributed by atoms with van der Waals surface area (Å²) in [6.07, 6.45) is 0.860. The van der Waals surface area contributed by atoms with Crippen molar-refractivity contribution in [2.75, 3.05) is 31.3 Å². The quantitative estimate of drug-likeness (QED) is 0.504. The van der Waals surface area contributed by atoms with Gasteiger partial charge < -0.3 is 18.3 Å². The van der Waals surface area contributed by atoms with Crippen LogP contribution in [0.25, 0.3) is 11.0 Å². The number of benzene rings is 1. The number of nitrogens with zero attached hydrogens (tertiary/aromatic N) is 1. The lowest BCUT2D eigenvalue weighted by Gasteiger charge is -2.36. The van der Waals surface area contributed by atoms with Crippen LogP contribution < -0.4 is 4.90 Å². The minimum atomic E-state index is -1.90. The maximum absolute atomic E-state index is 15.0. The van der Waals surface area contributed by atoms with Crippen molar-refractivity contribution in [3.63, 3.8) is 0 Å². The van der Waals surface area contributed by atoms with Crippen LogP contribution in [0.15, 0.2) is 16.7 Å². The van der Waals surface area contributed by atoms with Crippen molar-refractivity contribution in [3.8, 4) is 0 Å². The summed E-state index contributed by atoms with van der Waals surface area (Å²) < 4.78 is 38.0. The van der Waals surface area contributed by atoms with Crippen LogP contribution in [0.1, 0.15) is 38.2 Å². The number of ether oxygens (including phenoxy) is 2. The van der Waals surface area contributed by atoms with Gasteiger partial charge in [-0.2, -0.15) is 0 Å². The second-order valence-corrected chi connectivity index (χ2v) is 15.7. The third kappa shape index (κ3) is 4.18. The summed E-state index contributed by atoms with van der Waals surface area (Å²) in [5, 5.41) is 0.596. The highest BCUT2D eigenvalue weighted by atomic mass is 32.2. The Morgan fingerprint density at radius 2 is 1.97 bits per heavy atom. The number of hydrogen-bond acceptors (Lipinski definition) is 6. The second-order valence-electron chi connectivity index (χ2n) is 9.66. The van der Waals surface area contributed by atoms with Gasteiger partial charge >= 0.3 is 0 Å². The molecule has 0 unspecified atom stereocenters. The first-order valence-electron chi connectivity index (χ1n) is 10.5. The van der Waals surface area contributed by atoms with Gasteiger partial charge in [0.15, 0.2) is 26.0 Å². The zero-order valence-electron chi connectivity index (χ0n) is 18.9. The Kier molecular flexibility index (Phi) is 6.02. The molecule has 1 amide bonds. The largest absolute Gasteiger partial charge is 0.459 e. The van der Waals surface area contributed by atoms with E-state index in [0.29, 0.717) is 48.6 Å². The average molecular weight is 468 g/mol. The molecular formula is C22H30FNO5SSi. The van der Waals surface area contributed by atoms with Crippen LogP contribution >= 0.6 is 11.8 Å². The van der Waals surface area contributed by atoms with Crippen molar-refractivity contribution in [1.82, 2.24) is 0 Å². The fraction of sp³-hybridized carbons (Fsp3) is 0.591. The standard InChI is InChI=1S/C22H30FNO5SSi/c1-13-15(20-26-7-8-27-20)9-16-17(12-28-19(16)18(13)23)24-10-14(30-21(24)25)11-29-31(5,6)22(2,3)4/h9,12,14,20H,7-8,10-11H2,1-6H3/t14-/m1/s1. The summed E-state index contributed by atoms with van der Waals surface area (Å²) in [5.41, 5.74) is 1.78. The molecule has 2 aromatic rings. The first-order valence-corrected chi connectivity index (χ1v) is 14.3. The smallest absolute Gasteiger partial charge is 0.286 e. The van der Waals surface area contributed by atoms with Crippen LogP contribution in [0.2, 0.25) is 18.1 Å². The first-order chi connectivity index (χ1) is 14.5. The summed E-state index contributed by atoms with van der Waals surface area (Å²) in [5.74, 6) is -0.449. The number of hydrogen-bond donors (Lipinski definition) is 0. The van der Waals surface area contributed by atoms with E-state index in [-0.39, 0.29) is 21.1 Å². The van der Waals surface area contributed by atoms with Gasteiger partial charge in [-0.3, -0.25) is 9.69 Å². The molecule has 170 valence electrons. The summed E-state index contributed by atoms with van der Waals surface area (Å²) in [6.45, 7) is 14.6. The van der Waals surface area contributed by atoms with E-state index < -0.39 is 20.4 Å². The minimum Gasteiger partial charge on any atom is -0.459 e. The van der Waals surface area contributed by atoms with E-state index in [9.17, 15) is 4.79 Å². The van der Waals surface area contributed by atoms with Gasteiger partial charge in [-0.05, 0) is 36.7 Å². The molecule has 0 spiro atoms. The van der Waals surface area contributed by atoms with Crippen LogP contribution in [-0.2, 0) is 13.9 Å². The predicted octanol–water partition coefficient (Wildman–Crippen LogP) is 5.99. The van der Waals surface area contributed by atoms with E-state index in [1.807, 2.05) is 6.07 Å². The van der Waals surface area contributed by atoms with Crippen molar-refractivity contribution in [3.05, 3.63) is 29.3 Å². The minimum absolute atomic E-state index is 0.0165. The molecule has 3 heterocycles. The topological polar surface area (TPSA) is 61.1 Å². The van der Waals surface area contributed by atoms with E-state index in [2.05, 4.69) is 33.9 Å². The first kappa shape index (κ1) is 22.8. The molecule has 2 aliphatic rings. The summed E-state index contributed by atoms with van der Waals surface area (Å²) in [6, 6.07) is 1.82. The Morgan fingerprint density at radius 1 is 1.29 bits per heavy atom. The molecule has 1 aromatic heterocycles. The highest BCUT2D eigenvalue weighted by Gasteiger charge is 2.40. The highest BCUT2D eigenvalue weighted by Crippen LogP contribution is 2.42. The van der Waals surface area contributed by atoms with Crippen molar-refractivity contribution in [1.29, 1.82) is 0 Å². The van der Waals surface area contributed by atoms with Gasteiger partial charge in [-0.25, -0.2) is 4.39 Å².